The summed E-state index contributed by atoms with van der Waals surface area (Å²) in [5.41, 5.74) is 0.220. The van der Waals surface area contributed by atoms with E-state index in [-0.39, 0.29) is 11.8 Å². The summed E-state index contributed by atoms with van der Waals surface area (Å²) >= 11 is 1.57. The summed E-state index contributed by atoms with van der Waals surface area (Å²) in [4.78, 5) is 8.50. The summed E-state index contributed by atoms with van der Waals surface area (Å²) in [5, 5.41) is 7.43. The van der Waals surface area contributed by atoms with Crippen molar-refractivity contribution in [2.24, 2.45) is 0 Å². The van der Waals surface area contributed by atoms with Crippen LogP contribution >= 0.6 is 11.3 Å². The molecule has 114 valence electrons. The first-order valence-electron chi connectivity index (χ1n) is 6.37. The molecule has 4 nitrogen and oxygen atoms in total. The second-order valence-corrected chi connectivity index (χ2v) is 5.29. The Balaban J connectivity index is 2.19. The summed E-state index contributed by atoms with van der Waals surface area (Å²) in [6, 6.07) is 2.93. The molecule has 0 bridgehead atoms. The van der Waals surface area contributed by atoms with Crippen molar-refractivity contribution in [3.05, 3.63) is 33.6 Å². The molecule has 0 aliphatic heterocycles. The van der Waals surface area contributed by atoms with Gasteiger partial charge in [0.2, 0.25) is 5.95 Å². The Morgan fingerprint density at radius 3 is 2.67 bits per heavy atom. The third-order valence-corrected chi connectivity index (χ3v) is 3.85. The summed E-state index contributed by atoms with van der Waals surface area (Å²) in [6.07, 6.45) is -3.61. The smallest absolute Gasteiger partial charge is 0.365 e. The largest absolute Gasteiger partial charge is 0.433 e. The lowest BCUT2D eigenvalue weighted by Gasteiger charge is -2.11. The molecule has 2 rings (SSSR count). The van der Waals surface area contributed by atoms with Crippen molar-refractivity contribution >= 4 is 23.1 Å². The van der Waals surface area contributed by atoms with Gasteiger partial charge in [-0.25, -0.2) is 4.98 Å². The number of hydrogen-bond donors (Lipinski definition) is 2. The first-order chi connectivity index (χ1) is 9.94. The van der Waals surface area contributed by atoms with Crippen molar-refractivity contribution in [1.82, 2.24) is 9.97 Å². The van der Waals surface area contributed by atoms with Crippen LogP contribution in [0.15, 0.2) is 17.5 Å². The molecule has 0 radical (unpaired) electrons. The van der Waals surface area contributed by atoms with Crippen LogP contribution in [0.3, 0.4) is 0 Å². The van der Waals surface area contributed by atoms with E-state index in [1.165, 1.54) is 12.6 Å². The highest BCUT2D eigenvalue weighted by Gasteiger charge is 2.33. The quantitative estimate of drug-likeness (QED) is 0.881. The summed E-state index contributed by atoms with van der Waals surface area (Å²) in [7, 11) is 1.48. The number of aryl methyl sites for hydroxylation is 1. The van der Waals surface area contributed by atoms with Crippen molar-refractivity contribution in [1.29, 1.82) is 0 Å². The van der Waals surface area contributed by atoms with Gasteiger partial charge in [0, 0.05) is 18.0 Å². The molecule has 21 heavy (non-hydrogen) atoms. The monoisotopic (exact) mass is 316 g/mol. The molecule has 0 fully saturated rings. The minimum atomic E-state index is -4.50. The first-order valence-corrected chi connectivity index (χ1v) is 7.25. The van der Waals surface area contributed by atoms with Gasteiger partial charge in [-0.2, -0.15) is 18.2 Å². The standard InChI is InChI=1S/C13H15F3N4S/c1-3-8-4-5-21-9(8)7-18-11-6-10(13(14,15)16)19-12(17-2)20-11/h4-6H,3,7H2,1-2H3,(H2,17,18,19,20). The fourth-order valence-electron chi connectivity index (χ4n) is 1.80. The highest BCUT2D eigenvalue weighted by molar-refractivity contribution is 7.10. The van der Waals surface area contributed by atoms with Crippen LogP contribution in [0.4, 0.5) is 24.9 Å². The van der Waals surface area contributed by atoms with Crippen molar-refractivity contribution in [2.45, 2.75) is 26.1 Å². The number of halogens is 3. The van der Waals surface area contributed by atoms with Crippen LogP contribution in [0.2, 0.25) is 0 Å². The zero-order chi connectivity index (χ0) is 15.5. The van der Waals surface area contributed by atoms with E-state index in [1.54, 1.807) is 11.3 Å². The first kappa shape index (κ1) is 15.6. The molecule has 0 saturated carbocycles. The van der Waals surface area contributed by atoms with Crippen molar-refractivity contribution in [2.75, 3.05) is 17.7 Å². The van der Waals surface area contributed by atoms with Crippen molar-refractivity contribution in [3.63, 3.8) is 0 Å². The molecular formula is C13H15F3N4S. The van der Waals surface area contributed by atoms with Gasteiger partial charge in [-0.05, 0) is 23.4 Å². The maximum absolute atomic E-state index is 12.8. The second-order valence-electron chi connectivity index (χ2n) is 4.29. The lowest BCUT2D eigenvalue weighted by molar-refractivity contribution is -0.141. The molecular weight excluding hydrogens is 301 g/mol. The number of rotatable bonds is 5. The maximum Gasteiger partial charge on any atom is 0.433 e. The topological polar surface area (TPSA) is 49.8 Å². The molecule has 0 unspecified atom stereocenters. The van der Waals surface area contributed by atoms with Crippen LogP contribution in [0.25, 0.3) is 0 Å². The fraction of sp³-hybridized carbons (Fsp3) is 0.385. The molecule has 0 saturated heterocycles. The van der Waals surface area contributed by atoms with Gasteiger partial charge in [0.05, 0.1) is 6.54 Å². The zero-order valence-electron chi connectivity index (χ0n) is 11.6. The predicted octanol–water partition coefficient (Wildman–Crippen LogP) is 3.77. The van der Waals surface area contributed by atoms with Gasteiger partial charge >= 0.3 is 6.18 Å². The van der Waals surface area contributed by atoms with Crippen molar-refractivity contribution < 1.29 is 13.2 Å². The number of nitrogens with zero attached hydrogens (tertiary/aromatic N) is 2. The predicted molar refractivity (Wildman–Crippen MR) is 77.6 cm³/mol. The lowest BCUT2D eigenvalue weighted by atomic mass is 10.2. The fourth-order valence-corrected chi connectivity index (χ4v) is 2.72. The minimum Gasteiger partial charge on any atom is -0.365 e. The van der Waals surface area contributed by atoms with E-state index < -0.39 is 11.9 Å². The highest BCUT2D eigenvalue weighted by Crippen LogP contribution is 2.30. The number of hydrogen-bond acceptors (Lipinski definition) is 5. The number of anilines is 2. The van der Waals surface area contributed by atoms with E-state index >= 15 is 0 Å². The van der Waals surface area contributed by atoms with Gasteiger partial charge in [-0.3, -0.25) is 0 Å². The molecule has 2 N–H and O–H groups in total. The molecule has 2 aromatic rings. The van der Waals surface area contributed by atoms with Gasteiger partial charge in [0.25, 0.3) is 0 Å². The van der Waals surface area contributed by atoms with Gasteiger partial charge in [0.15, 0.2) is 5.69 Å². The van der Waals surface area contributed by atoms with Gasteiger partial charge in [-0.1, -0.05) is 6.92 Å². The Morgan fingerprint density at radius 1 is 1.29 bits per heavy atom. The maximum atomic E-state index is 12.8. The molecule has 0 spiro atoms. The summed E-state index contributed by atoms with van der Waals surface area (Å²) < 4.78 is 38.3. The highest BCUT2D eigenvalue weighted by atomic mass is 32.1. The Hall–Kier alpha value is -1.83. The van der Waals surface area contributed by atoms with E-state index in [2.05, 4.69) is 20.6 Å². The zero-order valence-corrected chi connectivity index (χ0v) is 12.4. The lowest BCUT2D eigenvalue weighted by Crippen LogP contribution is -2.13. The Labute approximate surface area is 124 Å². The summed E-state index contributed by atoms with van der Waals surface area (Å²) in [5.74, 6) is 0.0892. The van der Waals surface area contributed by atoms with E-state index in [0.29, 0.717) is 6.54 Å². The molecule has 0 aliphatic carbocycles. The van der Waals surface area contributed by atoms with Crippen LogP contribution < -0.4 is 10.6 Å². The minimum absolute atomic E-state index is 0.0609. The third-order valence-electron chi connectivity index (χ3n) is 2.89. The van der Waals surface area contributed by atoms with Crippen LogP contribution in [0.5, 0.6) is 0 Å². The Kier molecular flexibility index (Phi) is 4.66. The normalized spacial score (nSPS) is 11.5. The van der Waals surface area contributed by atoms with Crippen LogP contribution in [0, 0.1) is 0 Å². The van der Waals surface area contributed by atoms with Gasteiger partial charge in [-0.15, -0.1) is 11.3 Å². The Morgan fingerprint density at radius 2 is 2.05 bits per heavy atom. The molecule has 0 atom stereocenters. The van der Waals surface area contributed by atoms with E-state index in [4.69, 9.17) is 0 Å². The van der Waals surface area contributed by atoms with Crippen LogP contribution in [0.1, 0.15) is 23.1 Å². The van der Waals surface area contributed by atoms with Crippen LogP contribution in [-0.2, 0) is 19.1 Å². The van der Waals surface area contributed by atoms with Gasteiger partial charge < -0.3 is 10.6 Å². The van der Waals surface area contributed by atoms with E-state index in [9.17, 15) is 13.2 Å². The number of alkyl halides is 3. The van der Waals surface area contributed by atoms with E-state index in [0.717, 1.165) is 17.4 Å². The third kappa shape index (κ3) is 3.84. The molecule has 0 aromatic carbocycles. The molecule has 2 heterocycles. The van der Waals surface area contributed by atoms with Gasteiger partial charge in [0.1, 0.15) is 5.82 Å². The molecule has 8 heteroatoms. The second kappa shape index (κ2) is 6.30. The average Bonchev–Trinajstić information content (AvgIpc) is 2.91. The molecule has 2 aromatic heterocycles. The number of thiophene rings is 1. The summed E-state index contributed by atoms with van der Waals surface area (Å²) in [6.45, 7) is 2.48. The number of nitrogens with one attached hydrogen (secondary N) is 2. The SMILES string of the molecule is CCc1ccsc1CNc1cc(C(F)(F)F)nc(NC)n1. The number of aromatic nitrogens is 2. The van der Waals surface area contributed by atoms with Crippen LogP contribution in [-0.4, -0.2) is 17.0 Å². The van der Waals surface area contributed by atoms with E-state index in [1.807, 2.05) is 18.4 Å². The average molecular weight is 316 g/mol. The molecule has 0 aliphatic rings. The molecule has 0 amide bonds. The van der Waals surface area contributed by atoms with Crippen molar-refractivity contribution in [3.8, 4) is 0 Å². The Bertz CT molecular complexity index is 610.